The summed E-state index contributed by atoms with van der Waals surface area (Å²) in [5.41, 5.74) is 4.35. The number of nitrogens with zero attached hydrogens (tertiary/aromatic N) is 5. The van der Waals surface area contributed by atoms with Crippen molar-refractivity contribution in [2.24, 2.45) is 11.3 Å². The zero-order chi connectivity index (χ0) is 35.2. The van der Waals surface area contributed by atoms with E-state index in [1.165, 1.54) is 6.92 Å². The van der Waals surface area contributed by atoms with Gasteiger partial charge in [0.15, 0.2) is 5.78 Å². The van der Waals surface area contributed by atoms with Gasteiger partial charge < -0.3 is 15.5 Å². The standard InChI is InChI=1S/C39H45N7O4/c1-23-37-39(23)18-32(38(50)43-24(2)27-12-9-7-10-13-27)46(37)34(49)21-45-36-28(14-8-5-6-11-15-33(48)42-22-39)16-29(30-19-40-26(4)41-20-30)17-31(36)35(44-45)25(3)47/h7,9-10,12-13,16-17,19-20,23-24,32,37H,5-6,8,11,14-15,18,21-22H2,1-4H3,(H,42,48)(H,43,50)/t23-,24+,32-,37?,39+/m0/s1. The second-order valence-electron chi connectivity index (χ2n) is 14.4. The van der Waals surface area contributed by atoms with Crippen LogP contribution in [0.15, 0.2) is 54.9 Å². The molecule has 0 radical (unpaired) electrons. The van der Waals surface area contributed by atoms with E-state index in [1.54, 1.807) is 22.0 Å². The maximum atomic E-state index is 14.6. The van der Waals surface area contributed by atoms with Gasteiger partial charge in [-0.2, -0.15) is 5.10 Å². The number of nitrogens with one attached hydrogen (secondary N) is 2. The van der Waals surface area contributed by atoms with Crippen molar-refractivity contribution in [3.8, 4) is 11.1 Å². The van der Waals surface area contributed by atoms with Crippen molar-refractivity contribution in [2.45, 2.75) is 97.3 Å². The SMILES string of the molecule is CC(=O)c1nn2c3c(cc(-c4cnc(C)nc4)cc13)CCCCCCC(=O)NC[C@@]13C[C@@H](C(=O)N[C@H](C)c4ccccc4)N(C(=O)C2)C1[C@@H]3C. The topological polar surface area (TPSA) is 139 Å². The minimum atomic E-state index is -0.702. The lowest BCUT2D eigenvalue weighted by atomic mass is 9.95. The Hall–Kier alpha value is -4.93. The number of rotatable bonds is 5. The molecule has 0 spiro atoms. The molecule has 260 valence electrons. The van der Waals surface area contributed by atoms with Crippen molar-refractivity contribution in [1.29, 1.82) is 0 Å². The van der Waals surface area contributed by atoms with Crippen LogP contribution in [0.1, 0.15) is 92.8 Å². The molecule has 1 unspecified atom stereocenters. The van der Waals surface area contributed by atoms with Crippen molar-refractivity contribution < 1.29 is 19.2 Å². The molecule has 11 heteroatoms. The second-order valence-corrected chi connectivity index (χ2v) is 14.4. The van der Waals surface area contributed by atoms with E-state index in [9.17, 15) is 19.2 Å². The summed E-state index contributed by atoms with van der Waals surface area (Å²) < 4.78 is 1.67. The lowest BCUT2D eigenvalue weighted by Gasteiger charge is -2.29. The van der Waals surface area contributed by atoms with Crippen LogP contribution in [0.5, 0.6) is 0 Å². The molecular weight excluding hydrogens is 630 g/mol. The first-order valence-corrected chi connectivity index (χ1v) is 17.8. The van der Waals surface area contributed by atoms with Gasteiger partial charge in [0.1, 0.15) is 24.1 Å². The maximum Gasteiger partial charge on any atom is 0.245 e. The third-order valence-electron chi connectivity index (χ3n) is 11.2. The van der Waals surface area contributed by atoms with E-state index in [0.717, 1.165) is 53.5 Å². The summed E-state index contributed by atoms with van der Waals surface area (Å²) >= 11 is 0. The Bertz CT molecular complexity index is 1960. The number of carbonyl (C=O) groups is 4. The normalized spacial score (nSPS) is 24.6. The fraction of sp³-hybridized carbons (Fsp3) is 0.462. The Labute approximate surface area is 292 Å². The van der Waals surface area contributed by atoms with Crippen LogP contribution < -0.4 is 10.6 Å². The van der Waals surface area contributed by atoms with Gasteiger partial charge in [-0.1, -0.05) is 50.1 Å². The third-order valence-corrected chi connectivity index (χ3v) is 11.2. The van der Waals surface area contributed by atoms with Crippen molar-refractivity contribution in [3.63, 3.8) is 0 Å². The van der Waals surface area contributed by atoms with Crippen LogP contribution >= 0.6 is 0 Å². The van der Waals surface area contributed by atoms with E-state index in [1.807, 2.05) is 50.2 Å². The number of carbonyl (C=O) groups excluding carboxylic acids is 4. The number of aryl methyl sites for hydroxylation is 2. The molecule has 11 nitrogen and oxygen atoms in total. The Morgan fingerprint density at radius 2 is 1.72 bits per heavy atom. The highest BCUT2D eigenvalue weighted by atomic mass is 16.2. The van der Waals surface area contributed by atoms with Crippen LogP contribution in [0.4, 0.5) is 0 Å². The fourth-order valence-corrected chi connectivity index (χ4v) is 8.36. The van der Waals surface area contributed by atoms with Crippen molar-refractivity contribution >= 4 is 34.4 Å². The molecule has 2 aliphatic heterocycles. The van der Waals surface area contributed by atoms with Crippen LogP contribution in [0.25, 0.3) is 22.0 Å². The van der Waals surface area contributed by atoms with Crippen molar-refractivity contribution in [3.05, 3.63) is 77.5 Å². The summed E-state index contributed by atoms with van der Waals surface area (Å²) in [5, 5.41) is 11.8. The Balaban J connectivity index is 1.29. The summed E-state index contributed by atoms with van der Waals surface area (Å²) in [4.78, 5) is 65.1. The zero-order valence-corrected chi connectivity index (χ0v) is 29.2. The molecular formula is C39H45N7O4. The predicted molar refractivity (Wildman–Crippen MR) is 189 cm³/mol. The molecule has 4 aromatic rings. The van der Waals surface area contributed by atoms with E-state index < -0.39 is 6.04 Å². The van der Waals surface area contributed by atoms with Gasteiger partial charge in [0, 0.05) is 54.7 Å². The summed E-state index contributed by atoms with van der Waals surface area (Å²) in [6.07, 6.45) is 8.68. The molecule has 2 fully saturated rings. The molecule has 1 saturated heterocycles. The van der Waals surface area contributed by atoms with Gasteiger partial charge in [0.2, 0.25) is 17.7 Å². The molecule has 3 amide bonds. The van der Waals surface area contributed by atoms with Gasteiger partial charge >= 0.3 is 0 Å². The van der Waals surface area contributed by atoms with E-state index >= 15 is 0 Å². The van der Waals surface area contributed by atoms with E-state index in [4.69, 9.17) is 5.10 Å². The number of aromatic nitrogens is 4. The molecule has 2 bridgehead atoms. The molecule has 2 aromatic carbocycles. The molecule has 2 aromatic heterocycles. The van der Waals surface area contributed by atoms with E-state index in [-0.39, 0.29) is 53.5 Å². The lowest BCUT2D eigenvalue weighted by molar-refractivity contribution is -0.141. The smallest absolute Gasteiger partial charge is 0.245 e. The molecule has 2 N–H and O–H groups in total. The maximum absolute atomic E-state index is 14.6. The number of Topliss-reactive ketones (excluding diaryl/α,β-unsaturated/α-hetero) is 1. The molecule has 7 rings (SSSR count). The molecule has 5 atom stereocenters. The van der Waals surface area contributed by atoms with Crippen LogP contribution in [0.2, 0.25) is 0 Å². The van der Waals surface area contributed by atoms with Crippen LogP contribution in [-0.2, 0) is 27.3 Å². The number of hydrogen-bond donors (Lipinski definition) is 2. The first-order chi connectivity index (χ1) is 24.1. The van der Waals surface area contributed by atoms with Crippen LogP contribution in [-0.4, -0.2) is 66.8 Å². The Kier molecular flexibility index (Phi) is 9.00. The summed E-state index contributed by atoms with van der Waals surface area (Å²) in [5.74, 6) is 0.154. The number of benzene rings is 2. The number of piperidine rings is 1. The number of ketones is 1. The summed E-state index contributed by atoms with van der Waals surface area (Å²) in [7, 11) is 0. The largest absolute Gasteiger partial charge is 0.355 e. The molecule has 50 heavy (non-hydrogen) atoms. The van der Waals surface area contributed by atoms with Crippen LogP contribution in [0.3, 0.4) is 0 Å². The summed E-state index contributed by atoms with van der Waals surface area (Å²) in [6, 6.07) is 12.6. The van der Waals surface area contributed by atoms with Crippen LogP contribution in [0, 0.1) is 18.3 Å². The van der Waals surface area contributed by atoms with Crippen molar-refractivity contribution in [1.82, 2.24) is 35.3 Å². The third kappa shape index (κ3) is 6.18. The minimum Gasteiger partial charge on any atom is -0.355 e. The highest BCUT2D eigenvalue weighted by Crippen LogP contribution is 2.64. The van der Waals surface area contributed by atoms with Gasteiger partial charge in [-0.15, -0.1) is 0 Å². The molecule has 1 saturated carbocycles. The predicted octanol–water partition coefficient (Wildman–Crippen LogP) is 5.11. The van der Waals surface area contributed by atoms with Gasteiger partial charge in [-0.05, 0) is 74.3 Å². The highest BCUT2D eigenvalue weighted by molar-refractivity contribution is 6.07. The zero-order valence-electron chi connectivity index (χ0n) is 29.2. The quantitative estimate of drug-likeness (QED) is 0.280. The lowest BCUT2D eigenvalue weighted by Crippen LogP contribution is -2.50. The molecule has 1 aliphatic carbocycles. The van der Waals surface area contributed by atoms with Gasteiger partial charge in [0.25, 0.3) is 0 Å². The van der Waals surface area contributed by atoms with Crippen molar-refractivity contribution in [2.75, 3.05) is 6.54 Å². The fourth-order valence-electron chi connectivity index (χ4n) is 8.36. The van der Waals surface area contributed by atoms with E-state index in [0.29, 0.717) is 42.7 Å². The first-order valence-electron chi connectivity index (χ1n) is 17.8. The highest BCUT2D eigenvalue weighted by Gasteiger charge is 2.72. The molecule has 4 heterocycles. The van der Waals surface area contributed by atoms with Gasteiger partial charge in [-0.3, -0.25) is 23.9 Å². The Morgan fingerprint density at radius 1 is 1.00 bits per heavy atom. The van der Waals surface area contributed by atoms with Gasteiger partial charge in [0.05, 0.1) is 11.6 Å². The summed E-state index contributed by atoms with van der Waals surface area (Å²) in [6.45, 7) is 7.68. The number of hydrogen-bond acceptors (Lipinski definition) is 7. The average Bonchev–Trinajstić information content (AvgIpc) is 3.36. The Morgan fingerprint density at radius 3 is 2.44 bits per heavy atom. The number of amides is 3. The monoisotopic (exact) mass is 675 g/mol. The minimum absolute atomic E-state index is 0.0108. The first kappa shape index (κ1) is 33.6. The van der Waals surface area contributed by atoms with E-state index in [2.05, 4.69) is 33.6 Å². The second kappa shape index (κ2) is 13.4. The molecule has 3 aliphatic rings. The van der Waals surface area contributed by atoms with Gasteiger partial charge in [-0.25, -0.2) is 9.97 Å². The average molecular weight is 676 g/mol.